The van der Waals surface area contributed by atoms with E-state index in [-0.39, 0.29) is 12.0 Å². The van der Waals surface area contributed by atoms with E-state index in [0.717, 1.165) is 53.0 Å². The third-order valence-electron chi connectivity index (χ3n) is 5.27. The molecule has 0 spiro atoms. The zero-order chi connectivity index (χ0) is 20.7. The molecule has 0 aliphatic carbocycles. The highest BCUT2D eigenvalue weighted by Crippen LogP contribution is 2.28. The van der Waals surface area contributed by atoms with Crippen molar-refractivity contribution in [3.63, 3.8) is 0 Å². The number of amides is 1. The summed E-state index contributed by atoms with van der Waals surface area (Å²) >= 11 is 0. The van der Waals surface area contributed by atoms with E-state index in [1.54, 1.807) is 6.92 Å². The summed E-state index contributed by atoms with van der Waals surface area (Å²) in [5.74, 6) is 1.11. The lowest BCUT2D eigenvalue weighted by Crippen LogP contribution is -2.32. The average Bonchev–Trinajstić information content (AvgIpc) is 3.51. The SMILES string of the molecule is Cc1noc(-c2cc3cc(-c4nc(C(=O)NC[C@H]5CCCO5)[nH]c4C)ccc3[nH]2)n1. The second-order valence-corrected chi connectivity index (χ2v) is 7.54. The Morgan fingerprint density at radius 2 is 2.13 bits per heavy atom. The number of carbonyl (C=O) groups is 1. The molecule has 1 aromatic carbocycles. The maximum absolute atomic E-state index is 12.5. The molecule has 1 amide bonds. The molecule has 1 aliphatic heterocycles. The summed E-state index contributed by atoms with van der Waals surface area (Å²) in [6.45, 7) is 4.96. The number of carbonyl (C=O) groups excluding carboxylic acids is 1. The first-order valence-electron chi connectivity index (χ1n) is 9.97. The van der Waals surface area contributed by atoms with Gasteiger partial charge in [-0.25, -0.2) is 4.98 Å². The molecular weight excluding hydrogens is 384 g/mol. The molecule has 1 saturated heterocycles. The van der Waals surface area contributed by atoms with Crippen LogP contribution in [-0.2, 0) is 4.74 Å². The van der Waals surface area contributed by atoms with Gasteiger partial charge in [-0.05, 0) is 44.9 Å². The molecule has 0 bridgehead atoms. The number of fused-ring (bicyclic) bond motifs is 1. The van der Waals surface area contributed by atoms with Crippen LogP contribution in [-0.4, -0.2) is 50.3 Å². The zero-order valence-electron chi connectivity index (χ0n) is 16.8. The standard InChI is InChI=1S/C21H22N6O3/c1-11-18(26-19(23-11)20(28)22-10-15-4-3-7-29-15)13-5-6-16-14(8-13)9-17(25-16)21-24-12(2)27-30-21/h5-6,8-9,15,25H,3-4,7,10H2,1-2H3,(H,22,28)(H,23,26)/t15-/m1/s1. The van der Waals surface area contributed by atoms with Crippen LogP contribution >= 0.6 is 0 Å². The molecule has 9 nitrogen and oxygen atoms in total. The summed E-state index contributed by atoms with van der Waals surface area (Å²) in [6.07, 6.45) is 2.11. The Morgan fingerprint density at radius 3 is 2.90 bits per heavy atom. The number of aryl methyl sites for hydroxylation is 2. The van der Waals surface area contributed by atoms with Crippen molar-refractivity contribution >= 4 is 16.8 Å². The van der Waals surface area contributed by atoms with E-state index in [2.05, 4.69) is 30.4 Å². The summed E-state index contributed by atoms with van der Waals surface area (Å²) in [5, 5.41) is 7.72. The molecule has 0 unspecified atom stereocenters. The van der Waals surface area contributed by atoms with Gasteiger partial charge in [-0.1, -0.05) is 11.2 Å². The van der Waals surface area contributed by atoms with Crippen molar-refractivity contribution in [1.29, 1.82) is 0 Å². The van der Waals surface area contributed by atoms with Gasteiger partial charge in [-0.3, -0.25) is 4.79 Å². The highest BCUT2D eigenvalue weighted by molar-refractivity contribution is 5.92. The van der Waals surface area contributed by atoms with Gasteiger partial charge in [0, 0.05) is 35.3 Å². The van der Waals surface area contributed by atoms with Crippen molar-refractivity contribution in [2.75, 3.05) is 13.2 Å². The normalized spacial score (nSPS) is 16.4. The highest BCUT2D eigenvalue weighted by atomic mass is 16.5. The van der Waals surface area contributed by atoms with E-state index in [9.17, 15) is 4.79 Å². The Kier molecular flexibility index (Phi) is 4.59. The van der Waals surface area contributed by atoms with Crippen molar-refractivity contribution in [3.05, 3.63) is 41.6 Å². The fourth-order valence-electron chi connectivity index (χ4n) is 3.75. The minimum Gasteiger partial charge on any atom is -0.376 e. The van der Waals surface area contributed by atoms with Crippen LogP contribution in [0.1, 0.15) is 35.0 Å². The molecule has 4 aromatic rings. The van der Waals surface area contributed by atoms with Crippen LogP contribution in [0, 0.1) is 13.8 Å². The van der Waals surface area contributed by atoms with Crippen LogP contribution < -0.4 is 5.32 Å². The van der Waals surface area contributed by atoms with Gasteiger partial charge in [0.1, 0.15) is 5.69 Å². The molecule has 3 aromatic heterocycles. The molecule has 3 N–H and O–H groups in total. The van der Waals surface area contributed by atoms with Crippen molar-refractivity contribution in [1.82, 2.24) is 30.4 Å². The van der Waals surface area contributed by atoms with Crippen LogP contribution in [0.2, 0.25) is 0 Å². The predicted molar refractivity (Wildman–Crippen MR) is 110 cm³/mol. The summed E-state index contributed by atoms with van der Waals surface area (Å²) in [6, 6.07) is 7.93. The predicted octanol–water partition coefficient (Wildman–Crippen LogP) is 3.13. The van der Waals surface area contributed by atoms with E-state index >= 15 is 0 Å². The Labute approximate surface area is 172 Å². The van der Waals surface area contributed by atoms with Gasteiger partial charge in [0.15, 0.2) is 11.6 Å². The summed E-state index contributed by atoms with van der Waals surface area (Å²) < 4.78 is 10.8. The largest absolute Gasteiger partial charge is 0.376 e. The van der Waals surface area contributed by atoms with Crippen LogP contribution in [0.5, 0.6) is 0 Å². The fraction of sp³-hybridized carbons (Fsp3) is 0.333. The van der Waals surface area contributed by atoms with E-state index in [1.807, 2.05) is 31.2 Å². The lowest BCUT2D eigenvalue weighted by Gasteiger charge is -2.09. The highest BCUT2D eigenvalue weighted by Gasteiger charge is 2.19. The van der Waals surface area contributed by atoms with Crippen molar-refractivity contribution in [2.24, 2.45) is 0 Å². The molecule has 30 heavy (non-hydrogen) atoms. The number of benzene rings is 1. The molecule has 1 atom stereocenters. The number of hydrogen-bond acceptors (Lipinski definition) is 6. The Morgan fingerprint density at radius 1 is 1.23 bits per heavy atom. The molecule has 0 saturated carbocycles. The number of nitrogens with zero attached hydrogens (tertiary/aromatic N) is 3. The number of ether oxygens (including phenoxy) is 1. The third-order valence-corrected chi connectivity index (χ3v) is 5.27. The number of aromatic nitrogens is 5. The topological polar surface area (TPSA) is 122 Å². The van der Waals surface area contributed by atoms with E-state index < -0.39 is 0 Å². The van der Waals surface area contributed by atoms with Crippen molar-refractivity contribution in [3.8, 4) is 22.8 Å². The smallest absolute Gasteiger partial charge is 0.287 e. The monoisotopic (exact) mass is 406 g/mol. The number of nitrogens with one attached hydrogen (secondary N) is 3. The van der Waals surface area contributed by atoms with Crippen LogP contribution in [0.4, 0.5) is 0 Å². The second-order valence-electron chi connectivity index (χ2n) is 7.54. The van der Waals surface area contributed by atoms with Gasteiger partial charge in [0.05, 0.1) is 11.8 Å². The Bertz CT molecular complexity index is 1210. The summed E-state index contributed by atoms with van der Waals surface area (Å²) in [5.41, 5.74) is 4.21. The van der Waals surface area contributed by atoms with Crippen LogP contribution in [0.25, 0.3) is 33.7 Å². The average molecular weight is 406 g/mol. The van der Waals surface area contributed by atoms with Gasteiger partial charge in [0.25, 0.3) is 11.8 Å². The molecule has 1 aliphatic rings. The zero-order valence-corrected chi connectivity index (χ0v) is 16.8. The fourth-order valence-corrected chi connectivity index (χ4v) is 3.75. The minimum atomic E-state index is -0.225. The lowest BCUT2D eigenvalue weighted by molar-refractivity contribution is 0.0850. The first-order chi connectivity index (χ1) is 14.6. The van der Waals surface area contributed by atoms with E-state index in [0.29, 0.717) is 24.1 Å². The first kappa shape index (κ1) is 18.6. The quantitative estimate of drug-likeness (QED) is 0.468. The van der Waals surface area contributed by atoms with Crippen molar-refractivity contribution in [2.45, 2.75) is 32.8 Å². The van der Waals surface area contributed by atoms with Gasteiger partial charge < -0.3 is 24.5 Å². The van der Waals surface area contributed by atoms with E-state index in [4.69, 9.17) is 9.26 Å². The molecule has 1 fully saturated rings. The van der Waals surface area contributed by atoms with Gasteiger partial charge >= 0.3 is 0 Å². The molecule has 4 heterocycles. The first-order valence-corrected chi connectivity index (χ1v) is 9.97. The third kappa shape index (κ3) is 3.48. The number of rotatable bonds is 5. The number of H-pyrrole nitrogens is 2. The van der Waals surface area contributed by atoms with Crippen LogP contribution in [0.3, 0.4) is 0 Å². The molecular formula is C21H22N6O3. The van der Waals surface area contributed by atoms with Gasteiger partial charge in [0.2, 0.25) is 0 Å². The van der Waals surface area contributed by atoms with Gasteiger partial charge in [-0.2, -0.15) is 4.98 Å². The van der Waals surface area contributed by atoms with E-state index in [1.165, 1.54) is 0 Å². The second kappa shape index (κ2) is 7.42. The molecule has 154 valence electrons. The Hall–Kier alpha value is -3.46. The number of hydrogen-bond donors (Lipinski definition) is 3. The number of imidazole rings is 1. The maximum atomic E-state index is 12.5. The minimum absolute atomic E-state index is 0.0947. The number of aromatic amines is 2. The Balaban J connectivity index is 1.38. The van der Waals surface area contributed by atoms with Gasteiger partial charge in [-0.15, -0.1) is 0 Å². The summed E-state index contributed by atoms with van der Waals surface area (Å²) in [4.78, 5) is 27.7. The molecule has 5 rings (SSSR count). The molecule has 0 radical (unpaired) electrons. The summed E-state index contributed by atoms with van der Waals surface area (Å²) in [7, 11) is 0. The lowest BCUT2D eigenvalue weighted by atomic mass is 10.1. The maximum Gasteiger partial charge on any atom is 0.287 e. The van der Waals surface area contributed by atoms with Crippen molar-refractivity contribution < 1.29 is 14.1 Å². The molecule has 9 heteroatoms. The van der Waals surface area contributed by atoms with Crippen LogP contribution in [0.15, 0.2) is 28.8 Å².